The maximum absolute atomic E-state index is 14.7. The highest BCUT2D eigenvalue weighted by atomic mass is 32.2. The van der Waals surface area contributed by atoms with Gasteiger partial charge in [-0.15, -0.1) is 11.8 Å². The Morgan fingerprint density at radius 1 is 1.18 bits per heavy atom. The lowest BCUT2D eigenvalue weighted by molar-refractivity contribution is -0.146. The van der Waals surface area contributed by atoms with Crippen molar-refractivity contribution in [3.05, 3.63) is 101 Å². The van der Waals surface area contributed by atoms with E-state index in [4.69, 9.17) is 14.7 Å². The number of halogens is 3. The van der Waals surface area contributed by atoms with Crippen LogP contribution in [0.25, 0.3) is 6.08 Å². The maximum Gasteiger partial charge on any atom is 0.177 e. The summed E-state index contributed by atoms with van der Waals surface area (Å²) in [7, 11) is 0. The number of hydrogen-bond acceptors (Lipinski definition) is 7. The van der Waals surface area contributed by atoms with Crippen LogP contribution in [0.15, 0.2) is 67.3 Å². The van der Waals surface area contributed by atoms with Gasteiger partial charge in [0.05, 0.1) is 36.6 Å². The van der Waals surface area contributed by atoms with Crippen LogP contribution >= 0.6 is 11.8 Å². The number of ether oxygens (including phenoxy) is 2. The minimum Gasteiger partial charge on any atom is -0.382 e. The zero-order valence-corrected chi connectivity index (χ0v) is 21.2. The van der Waals surface area contributed by atoms with Crippen molar-refractivity contribution in [3.63, 3.8) is 0 Å². The van der Waals surface area contributed by atoms with Crippen molar-refractivity contribution in [1.29, 1.82) is 5.26 Å². The number of nitrogens with zero attached hydrogens (tertiary/aromatic N) is 4. The first-order valence-corrected chi connectivity index (χ1v) is 12.7. The van der Waals surface area contributed by atoms with Crippen molar-refractivity contribution < 1.29 is 27.8 Å². The molecule has 1 aromatic heterocycles. The highest BCUT2D eigenvalue weighted by Gasteiger charge is 2.41. The van der Waals surface area contributed by atoms with Crippen molar-refractivity contribution in [2.24, 2.45) is 0 Å². The Labute approximate surface area is 222 Å². The number of rotatable bonds is 9. The summed E-state index contributed by atoms with van der Waals surface area (Å²) in [6, 6.07) is 9.10. The number of allylic oxidation sites excluding steroid dienone is 2. The highest BCUT2D eigenvalue weighted by molar-refractivity contribution is 8.00. The van der Waals surface area contributed by atoms with E-state index in [1.54, 1.807) is 31.2 Å². The molecular formula is C27H25F3N4O3S. The van der Waals surface area contributed by atoms with Crippen LogP contribution in [0.4, 0.5) is 13.2 Å². The highest BCUT2D eigenvalue weighted by Crippen LogP contribution is 2.38. The molecular weight excluding hydrogens is 517 g/mol. The molecule has 1 aliphatic heterocycles. The second kappa shape index (κ2) is 12.4. The molecule has 0 aliphatic carbocycles. The third-order valence-corrected chi connectivity index (χ3v) is 7.47. The molecule has 1 aliphatic rings. The average molecular weight is 543 g/mol. The molecule has 0 radical (unpaired) electrons. The van der Waals surface area contributed by atoms with E-state index in [0.29, 0.717) is 18.8 Å². The fraction of sp³-hybridized carbons (Fsp3) is 0.296. The topological polar surface area (TPSA) is 93.2 Å². The van der Waals surface area contributed by atoms with Crippen LogP contribution in [0, 0.1) is 28.8 Å². The van der Waals surface area contributed by atoms with E-state index >= 15 is 0 Å². The predicted octanol–water partition coefficient (Wildman–Crippen LogP) is 4.59. The summed E-state index contributed by atoms with van der Waals surface area (Å²) in [5, 5.41) is 23.7. The molecule has 11 heteroatoms. The third kappa shape index (κ3) is 6.71. The summed E-state index contributed by atoms with van der Waals surface area (Å²) >= 11 is 1.34. The van der Waals surface area contributed by atoms with Gasteiger partial charge in [-0.1, -0.05) is 31.2 Å². The van der Waals surface area contributed by atoms with E-state index in [1.165, 1.54) is 47.3 Å². The summed E-state index contributed by atoms with van der Waals surface area (Å²) < 4.78 is 55.5. The lowest BCUT2D eigenvalue weighted by Crippen LogP contribution is -2.43. The second-order valence-electron chi connectivity index (χ2n) is 8.67. The molecule has 2 heterocycles. The van der Waals surface area contributed by atoms with Crippen molar-refractivity contribution in [1.82, 2.24) is 14.8 Å². The van der Waals surface area contributed by atoms with Crippen LogP contribution in [-0.2, 0) is 21.6 Å². The van der Waals surface area contributed by atoms with Crippen LogP contribution in [0.1, 0.15) is 23.6 Å². The zero-order chi connectivity index (χ0) is 27.1. The summed E-state index contributed by atoms with van der Waals surface area (Å²) in [5.74, 6) is -1.88. The molecule has 1 fully saturated rings. The Morgan fingerprint density at radius 3 is 2.66 bits per heavy atom. The van der Waals surface area contributed by atoms with Gasteiger partial charge in [-0.25, -0.2) is 22.8 Å². The normalized spacial score (nSPS) is 20.4. The first kappa shape index (κ1) is 27.6. The molecule has 3 aromatic rings. The first-order valence-electron chi connectivity index (χ1n) is 11.7. The van der Waals surface area contributed by atoms with E-state index in [-0.39, 0.29) is 22.9 Å². The summed E-state index contributed by atoms with van der Waals surface area (Å²) in [6.45, 7) is 2.19. The Hall–Kier alpha value is -3.43. The Bertz CT molecular complexity index is 1340. The third-order valence-electron chi connectivity index (χ3n) is 6.01. The van der Waals surface area contributed by atoms with Crippen molar-refractivity contribution >= 4 is 17.8 Å². The van der Waals surface area contributed by atoms with Crippen molar-refractivity contribution in [3.8, 4) is 6.07 Å². The molecule has 1 saturated heterocycles. The molecule has 2 atom stereocenters. The van der Waals surface area contributed by atoms with Crippen LogP contribution in [-0.4, -0.2) is 49.9 Å². The van der Waals surface area contributed by atoms with Gasteiger partial charge in [0.15, 0.2) is 6.29 Å². The molecule has 38 heavy (non-hydrogen) atoms. The molecule has 7 nitrogen and oxygen atoms in total. The molecule has 1 N–H and O–H groups in total. The lowest BCUT2D eigenvalue weighted by atomic mass is 9.90. The van der Waals surface area contributed by atoms with E-state index in [2.05, 4.69) is 10.1 Å². The standard InChI is InChI=1S/C27H25F3N4O3S/c1-18(27(35,15-34-17-32-16-33-34)23-11-21(28)8-9-24(23)29)38-22-13-36-26(37-14-22)5-3-2-4-20-7-6-19(12-31)10-25(20)30/h2-11,16-18,22,26,35H,13-15H2,1H3/b4-2+,5-3+/t18?,22?,26?,27-/m1/s1. The van der Waals surface area contributed by atoms with Gasteiger partial charge in [0.1, 0.15) is 35.7 Å². The van der Waals surface area contributed by atoms with Crippen molar-refractivity contribution in [2.45, 2.75) is 35.9 Å². The molecule has 198 valence electrons. The predicted molar refractivity (Wildman–Crippen MR) is 136 cm³/mol. The van der Waals surface area contributed by atoms with Gasteiger partial charge in [-0.3, -0.25) is 0 Å². The van der Waals surface area contributed by atoms with Gasteiger partial charge in [0, 0.05) is 16.4 Å². The van der Waals surface area contributed by atoms with E-state index in [9.17, 15) is 18.3 Å². The molecule has 0 amide bonds. The van der Waals surface area contributed by atoms with Gasteiger partial charge in [0.2, 0.25) is 0 Å². The van der Waals surface area contributed by atoms with Crippen LogP contribution in [0.3, 0.4) is 0 Å². The van der Waals surface area contributed by atoms with Crippen LogP contribution in [0.2, 0.25) is 0 Å². The van der Waals surface area contributed by atoms with Crippen LogP contribution in [0.5, 0.6) is 0 Å². The number of thioether (sulfide) groups is 1. The average Bonchev–Trinajstić information content (AvgIpc) is 3.42. The minimum atomic E-state index is -1.80. The Balaban J connectivity index is 1.36. The molecule has 2 aromatic carbocycles. The van der Waals surface area contributed by atoms with Gasteiger partial charge in [-0.05, 0) is 36.4 Å². The summed E-state index contributed by atoms with van der Waals surface area (Å²) in [4.78, 5) is 3.87. The van der Waals surface area contributed by atoms with E-state index in [1.807, 2.05) is 6.07 Å². The monoisotopic (exact) mass is 542 g/mol. The van der Waals surface area contributed by atoms with E-state index < -0.39 is 34.6 Å². The fourth-order valence-corrected chi connectivity index (χ4v) is 5.28. The number of benzene rings is 2. The second-order valence-corrected chi connectivity index (χ2v) is 10.3. The Morgan fingerprint density at radius 2 is 1.97 bits per heavy atom. The molecule has 4 rings (SSSR count). The first-order chi connectivity index (χ1) is 18.3. The van der Waals surface area contributed by atoms with Crippen molar-refractivity contribution in [2.75, 3.05) is 13.2 Å². The minimum absolute atomic E-state index is 0.131. The number of aliphatic hydroxyl groups is 1. The number of nitriles is 1. The SMILES string of the molecule is CC(SC1COC(/C=C/C=C/c2ccc(C#N)cc2F)OC1)[C@](O)(Cn1cncn1)c1cc(F)ccc1F. The number of aromatic nitrogens is 3. The molecule has 0 bridgehead atoms. The molecule has 1 unspecified atom stereocenters. The fourth-order valence-electron chi connectivity index (χ4n) is 3.96. The summed E-state index contributed by atoms with van der Waals surface area (Å²) in [5.41, 5.74) is -1.37. The smallest absolute Gasteiger partial charge is 0.177 e. The lowest BCUT2D eigenvalue weighted by Gasteiger charge is -2.37. The Kier molecular flexibility index (Phi) is 9.01. The van der Waals surface area contributed by atoms with Gasteiger partial charge in [-0.2, -0.15) is 10.4 Å². The summed E-state index contributed by atoms with van der Waals surface area (Å²) in [6.07, 6.45) is 8.62. The van der Waals surface area contributed by atoms with Gasteiger partial charge >= 0.3 is 0 Å². The largest absolute Gasteiger partial charge is 0.382 e. The quantitative estimate of drug-likeness (QED) is 0.396. The zero-order valence-electron chi connectivity index (χ0n) is 20.4. The molecule has 0 spiro atoms. The van der Waals surface area contributed by atoms with Gasteiger partial charge < -0.3 is 14.6 Å². The maximum atomic E-state index is 14.7. The van der Waals surface area contributed by atoms with Crippen LogP contribution < -0.4 is 0 Å². The molecule has 0 saturated carbocycles. The van der Waals surface area contributed by atoms with E-state index in [0.717, 1.165) is 18.2 Å². The number of hydrogen-bond donors (Lipinski definition) is 1. The van der Waals surface area contributed by atoms with Gasteiger partial charge in [0.25, 0.3) is 0 Å².